The van der Waals surface area contributed by atoms with Gasteiger partial charge in [0.15, 0.2) is 0 Å². The minimum absolute atomic E-state index is 0.0391. The summed E-state index contributed by atoms with van der Waals surface area (Å²) in [6, 6.07) is 1.87. The summed E-state index contributed by atoms with van der Waals surface area (Å²) in [4.78, 5) is 18.7. The number of nitrogens with zero attached hydrogens (tertiary/aromatic N) is 2. The molecule has 1 saturated heterocycles. The Morgan fingerprint density at radius 1 is 1.60 bits per heavy atom. The fourth-order valence-corrected chi connectivity index (χ4v) is 3.30. The molecule has 0 radical (unpaired) electrons. The molecule has 2 aromatic heterocycles. The van der Waals surface area contributed by atoms with Crippen molar-refractivity contribution in [1.29, 1.82) is 0 Å². The first-order valence-corrected chi connectivity index (χ1v) is 7.64. The van der Waals surface area contributed by atoms with Crippen LogP contribution in [0.2, 0.25) is 0 Å². The molecule has 1 fully saturated rings. The standard InChI is InChI=1S/C14H17N3O2S/c1-2-12-13(18)15-4-5-17(12)7-11-9-20-14(16-11)10-3-6-19-8-10/h3,6,8-9,12H,2,4-5,7H2,1H3,(H,15,18)/t12-/m1/s1. The lowest BCUT2D eigenvalue weighted by molar-refractivity contribution is -0.129. The van der Waals surface area contributed by atoms with Crippen molar-refractivity contribution in [3.63, 3.8) is 0 Å². The highest BCUT2D eigenvalue weighted by atomic mass is 32.1. The Kier molecular flexibility index (Phi) is 3.84. The van der Waals surface area contributed by atoms with E-state index in [0.29, 0.717) is 6.54 Å². The van der Waals surface area contributed by atoms with Crippen molar-refractivity contribution in [2.45, 2.75) is 25.9 Å². The maximum Gasteiger partial charge on any atom is 0.237 e. The summed E-state index contributed by atoms with van der Waals surface area (Å²) < 4.78 is 5.08. The van der Waals surface area contributed by atoms with E-state index >= 15 is 0 Å². The number of rotatable bonds is 4. The lowest BCUT2D eigenvalue weighted by atomic mass is 10.1. The zero-order chi connectivity index (χ0) is 13.9. The van der Waals surface area contributed by atoms with Crippen LogP contribution in [0.15, 0.2) is 28.4 Å². The summed E-state index contributed by atoms with van der Waals surface area (Å²) in [5.74, 6) is 0.129. The largest absolute Gasteiger partial charge is 0.472 e. The number of carbonyl (C=O) groups is 1. The van der Waals surface area contributed by atoms with Crippen LogP contribution in [0.3, 0.4) is 0 Å². The van der Waals surface area contributed by atoms with Gasteiger partial charge in [0.2, 0.25) is 5.91 Å². The van der Waals surface area contributed by atoms with Crippen molar-refractivity contribution in [2.75, 3.05) is 13.1 Å². The first-order valence-electron chi connectivity index (χ1n) is 6.76. The molecule has 1 aliphatic rings. The monoisotopic (exact) mass is 291 g/mol. The molecule has 1 N–H and O–H groups in total. The van der Waals surface area contributed by atoms with Crippen LogP contribution in [0.25, 0.3) is 10.6 Å². The number of hydrogen-bond acceptors (Lipinski definition) is 5. The van der Waals surface area contributed by atoms with Gasteiger partial charge in [-0.3, -0.25) is 9.69 Å². The molecule has 0 aromatic carbocycles. The van der Waals surface area contributed by atoms with Gasteiger partial charge in [-0.2, -0.15) is 0 Å². The molecule has 6 heteroatoms. The van der Waals surface area contributed by atoms with Gasteiger partial charge < -0.3 is 9.73 Å². The normalized spacial score (nSPS) is 20.1. The van der Waals surface area contributed by atoms with Crippen molar-refractivity contribution in [1.82, 2.24) is 15.2 Å². The minimum Gasteiger partial charge on any atom is -0.472 e. The van der Waals surface area contributed by atoms with E-state index in [1.54, 1.807) is 23.9 Å². The molecule has 0 saturated carbocycles. The zero-order valence-corrected chi connectivity index (χ0v) is 12.2. The highest BCUT2D eigenvalue weighted by Gasteiger charge is 2.28. The van der Waals surface area contributed by atoms with Gasteiger partial charge in [0.05, 0.1) is 18.0 Å². The van der Waals surface area contributed by atoms with Gasteiger partial charge in [-0.25, -0.2) is 4.98 Å². The van der Waals surface area contributed by atoms with Gasteiger partial charge >= 0.3 is 0 Å². The van der Waals surface area contributed by atoms with Gasteiger partial charge in [0, 0.05) is 30.6 Å². The van der Waals surface area contributed by atoms with Crippen LogP contribution in [0.5, 0.6) is 0 Å². The lowest BCUT2D eigenvalue weighted by Gasteiger charge is -2.33. The number of thiazole rings is 1. The Balaban J connectivity index is 1.72. The second kappa shape index (κ2) is 5.76. The average molecular weight is 291 g/mol. The molecule has 5 nitrogen and oxygen atoms in total. The first-order chi connectivity index (χ1) is 9.78. The van der Waals surface area contributed by atoms with E-state index in [9.17, 15) is 4.79 Å². The van der Waals surface area contributed by atoms with Gasteiger partial charge in [-0.1, -0.05) is 6.92 Å². The van der Waals surface area contributed by atoms with Crippen LogP contribution in [-0.2, 0) is 11.3 Å². The van der Waals surface area contributed by atoms with Gasteiger partial charge in [-0.15, -0.1) is 11.3 Å². The van der Waals surface area contributed by atoms with E-state index in [0.717, 1.165) is 35.8 Å². The number of amides is 1. The van der Waals surface area contributed by atoms with Crippen LogP contribution in [0, 0.1) is 0 Å². The number of furan rings is 1. The molecule has 1 amide bonds. The van der Waals surface area contributed by atoms with Gasteiger partial charge in [-0.05, 0) is 12.5 Å². The summed E-state index contributed by atoms with van der Waals surface area (Å²) in [7, 11) is 0. The van der Waals surface area contributed by atoms with Crippen LogP contribution in [0.4, 0.5) is 0 Å². The fourth-order valence-electron chi connectivity index (χ4n) is 2.50. The van der Waals surface area contributed by atoms with Crippen molar-refractivity contribution in [3.05, 3.63) is 29.7 Å². The summed E-state index contributed by atoms with van der Waals surface area (Å²) in [6.07, 6.45) is 4.18. The molecule has 3 rings (SSSR count). The molecule has 3 heterocycles. The molecule has 0 spiro atoms. The van der Waals surface area contributed by atoms with E-state index in [1.807, 2.05) is 13.0 Å². The quantitative estimate of drug-likeness (QED) is 0.937. The summed E-state index contributed by atoms with van der Waals surface area (Å²) in [6.45, 7) is 4.36. The van der Waals surface area contributed by atoms with Crippen molar-refractivity contribution in [2.24, 2.45) is 0 Å². The SMILES string of the molecule is CC[C@@H]1C(=O)NCCN1Cc1csc(-c2ccoc2)n1. The predicted molar refractivity (Wildman–Crippen MR) is 77.3 cm³/mol. The molecule has 1 aliphatic heterocycles. The van der Waals surface area contributed by atoms with E-state index < -0.39 is 0 Å². The lowest BCUT2D eigenvalue weighted by Crippen LogP contribution is -2.54. The smallest absolute Gasteiger partial charge is 0.237 e. The van der Waals surface area contributed by atoms with E-state index in [-0.39, 0.29) is 11.9 Å². The minimum atomic E-state index is -0.0391. The van der Waals surface area contributed by atoms with Gasteiger partial charge in [0.1, 0.15) is 11.3 Å². The molecule has 0 unspecified atom stereocenters. The van der Waals surface area contributed by atoms with Gasteiger partial charge in [0.25, 0.3) is 0 Å². The molecular formula is C14H17N3O2S. The average Bonchev–Trinajstić information content (AvgIpc) is 3.09. The molecule has 2 aromatic rings. The Bertz CT molecular complexity index is 579. The third-order valence-corrected chi connectivity index (χ3v) is 4.45. The number of hydrogen-bond donors (Lipinski definition) is 1. The maximum absolute atomic E-state index is 11.8. The second-order valence-electron chi connectivity index (χ2n) is 4.84. The Morgan fingerprint density at radius 2 is 2.50 bits per heavy atom. The molecule has 0 bridgehead atoms. The number of piperazine rings is 1. The van der Waals surface area contributed by atoms with Crippen molar-refractivity contribution >= 4 is 17.2 Å². The van der Waals surface area contributed by atoms with Crippen LogP contribution in [0.1, 0.15) is 19.0 Å². The number of aromatic nitrogens is 1. The maximum atomic E-state index is 11.8. The highest BCUT2D eigenvalue weighted by molar-refractivity contribution is 7.13. The second-order valence-corrected chi connectivity index (χ2v) is 5.70. The van der Waals surface area contributed by atoms with Crippen molar-refractivity contribution in [3.8, 4) is 10.6 Å². The molecule has 1 atom stereocenters. The summed E-state index contributed by atoms with van der Waals surface area (Å²) in [5.41, 5.74) is 2.02. The van der Waals surface area contributed by atoms with E-state index in [1.165, 1.54) is 0 Å². The third kappa shape index (κ3) is 2.62. The van der Waals surface area contributed by atoms with Crippen LogP contribution >= 0.6 is 11.3 Å². The van der Waals surface area contributed by atoms with E-state index in [4.69, 9.17) is 4.42 Å². The first kappa shape index (κ1) is 13.3. The predicted octanol–water partition coefficient (Wildman–Crippen LogP) is 2.11. The highest BCUT2D eigenvalue weighted by Crippen LogP contribution is 2.25. The number of carbonyl (C=O) groups excluding carboxylic acids is 1. The van der Waals surface area contributed by atoms with Crippen LogP contribution < -0.4 is 5.32 Å². The molecular weight excluding hydrogens is 274 g/mol. The van der Waals surface area contributed by atoms with E-state index in [2.05, 4.69) is 20.6 Å². The summed E-state index contributed by atoms with van der Waals surface area (Å²) >= 11 is 1.61. The molecule has 106 valence electrons. The third-order valence-electron chi connectivity index (χ3n) is 3.51. The Labute approximate surface area is 121 Å². The van der Waals surface area contributed by atoms with Crippen molar-refractivity contribution < 1.29 is 9.21 Å². The topological polar surface area (TPSA) is 58.4 Å². The number of nitrogens with one attached hydrogen (secondary N) is 1. The Morgan fingerprint density at radius 3 is 3.25 bits per heavy atom. The van der Waals surface area contributed by atoms with Crippen LogP contribution in [-0.4, -0.2) is 34.9 Å². The molecule has 20 heavy (non-hydrogen) atoms. The molecule has 0 aliphatic carbocycles. The zero-order valence-electron chi connectivity index (χ0n) is 11.3. The Hall–Kier alpha value is -1.66. The fraction of sp³-hybridized carbons (Fsp3) is 0.429. The summed E-state index contributed by atoms with van der Waals surface area (Å²) in [5, 5.41) is 5.93.